The molecule has 0 radical (unpaired) electrons. The summed E-state index contributed by atoms with van der Waals surface area (Å²) >= 11 is 0. The molecule has 0 spiro atoms. The van der Waals surface area contributed by atoms with Crippen LogP contribution in [-0.4, -0.2) is 32.7 Å². The lowest BCUT2D eigenvalue weighted by Crippen LogP contribution is -2.24. The van der Waals surface area contributed by atoms with Crippen LogP contribution in [0.25, 0.3) is 6.08 Å². The molecule has 29 heavy (non-hydrogen) atoms. The molecule has 2 aromatic carbocycles. The number of rotatable bonds is 6. The van der Waals surface area contributed by atoms with Crippen LogP contribution in [0.2, 0.25) is 0 Å². The highest BCUT2D eigenvalue weighted by molar-refractivity contribution is 6.23. The zero-order chi connectivity index (χ0) is 21.0. The zero-order valence-corrected chi connectivity index (χ0v) is 16.9. The van der Waals surface area contributed by atoms with Crippen LogP contribution in [0.1, 0.15) is 19.4 Å². The number of hydrogen-bond donors (Lipinski definition) is 0. The zero-order valence-electron chi connectivity index (χ0n) is 16.9. The van der Waals surface area contributed by atoms with Gasteiger partial charge in [0, 0.05) is 23.0 Å². The van der Waals surface area contributed by atoms with Crippen molar-refractivity contribution in [1.82, 2.24) is 0 Å². The van der Waals surface area contributed by atoms with E-state index in [-0.39, 0.29) is 23.7 Å². The second-order valence-electron chi connectivity index (χ2n) is 6.32. The lowest BCUT2D eigenvalue weighted by molar-refractivity contribution is -0.138. The Balaban J connectivity index is 2.15. The Morgan fingerprint density at radius 2 is 1.79 bits per heavy atom. The molecule has 1 aliphatic heterocycles. The van der Waals surface area contributed by atoms with Gasteiger partial charge in [-0.05, 0) is 44.2 Å². The van der Waals surface area contributed by atoms with Gasteiger partial charge in [0.05, 0.1) is 32.0 Å². The van der Waals surface area contributed by atoms with Crippen LogP contribution in [0.15, 0.2) is 65.4 Å². The van der Waals surface area contributed by atoms with E-state index < -0.39 is 5.97 Å². The number of para-hydroxylation sites is 1. The molecule has 0 fully saturated rings. The third-order valence-corrected chi connectivity index (χ3v) is 4.63. The van der Waals surface area contributed by atoms with Crippen LogP contribution in [0.4, 0.5) is 5.69 Å². The van der Waals surface area contributed by atoms with Crippen molar-refractivity contribution in [3.05, 3.63) is 70.9 Å². The maximum atomic E-state index is 13.3. The van der Waals surface area contributed by atoms with E-state index >= 15 is 0 Å². The van der Waals surface area contributed by atoms with Gasteiger partial charge in [-0.2, -0.15) is 0 Å². The first-order valence-corrected chi connectivity index (χ1v) is 9.23. The molecule has 3 rings (SSSR count). The second-order valence-corrected chi connectivity index (χ2v) is 6.32. The molecule has 6 heteroatoms. The minimum atomic E-state index is -0.532. The van der Waals surface area contributed by atoms with Crippen LogP contribution in [0.5, 0.6) is 11.5 Å². The Bertz CT molecular complexity index is 992. The Labute approximate surface area is 170 Å². The second kappa shape index (κ2) is 8.65. The summed E-state index contributed by atoms with van der Waals surface area (Å²) in [5.41, 5.74) is 2.37. The van der Waals surface area contributed by atoms with Crippen molar-refractivity contribution in [2.75, 3.05) is 25.7 Å². The van der Waals surface area contributed by atoms with E-state index in [9.17, 15) is 9.59 Å². The van der Waals surface area contributed by atoms with Crippen molar-refractivity contribution in [1.29, 1.82) is 0 Å². The van der Waals surface area contributed by atoms with Crippen molar-refractivity contribution >= 4 is 23.6 Å². The number of esters is 1. The number of ether oxygens (including phenoxy) is 3. The van der Waals surface area contributed by atoms with Gasteiger partial charge < -0.3 is 14.2 Å². The van der Waals surface area contributed by atoms with E-state index in [2.05, 4.69) is 0 Å². The fraction of sp³-hybridized carbons (Fsp3) is 0.217. The van der Waals surface area contributed by atoms with E-state index in [0.717, 1.165) is 0 Å². The summed E-state index contributed by atoms with van der Waals surface area (Å²) < 4.78 is 15.9. The summed E-state index contributed by atoms with van der Waals surface area (Å²) in [6.45, 7) is 3.69. The van der Waals surface area contributed by atoms with Gasteiger partial charge in [-0.15, -0.1) is 0 Å². The highest BCUT2D eigenvalue weighted by Gasteiger charge is 2.38. The maximum absolute atomic E-state index is 13.3. The molecule has 0 aliphatic carbocycles. The number of carbonyl (C=O) groups excluding carboxylic acids is 2. The molecule has 0 saturated heterocycles. The minimum Gasteiger partial charge on any atom is -0.497 e. The fourth-order valence-electron chi connectivity index (χ4n) is 3.26. The Morgan fingerprint density at radius 1 is 1.07 bits per heavy atom. The van der Waals surface area contributed by atoms with Crippen molar-refractivity contribution in [3.63, 3.8) is 0 Å². The molecule has 0 unspecified atom stereocenters. The van der Waals surface area contributed by atoms with Crippen molar-refractivity contribution in [2.24, 2.45) is 0 Å². The highest BCUT2D eigenvalue weighted by Crippen LogP contribution is 2.37. The average Bonchev–Trinajstić information content (AvgIpc) is 2.98. The lowest BCUT2D eigenvalue weighted by Gasteiger charge is -2.17. The standard InChI is InChI=1S/C23H23NO5/c1-5-29-23(26)21-15(2)24(17-9-7-6-8-10-17)22(25)19(21)13-16-11-12-18(27-3)14-20(16)28-4/h6-14H,5H2,1-4H3/b19-13+. The Morgan fingerprint density at radius 3 is 2.41 bits per heavy atom. The number of anilines is 1. The normalized spacial score (nSPS) is 15.1. The SMILES string of the molecule is CCOC(=O)C1=C(C)N(c2ccccc2)C(=O)/C1=C/c1ccc(OC)cc1OC. The van der Waals surface area contributed by atoms with Gasteiger partial charge in [-0.3, -0.25) is 9.69 Å². The topological polar surface area (TPSA) is 65.1 Å². The molecule has 150 valence electrons. The smallest absolute Gasteiger partial charge is 0.340 e. The summed E-state index contributed by atoms with van der Waals surface area (Å²) in [5.74, 6) is 0.332. The van der Waals surface area contributed by atoms with Crippen molar-refractivity contribution < 1.29 is 23.8 Å². The number of amides is 1. The molecule has 1 amide bonds. The van der Waals surface area contributed by atoms with Gasteiger partial charge >= 0.3 is 5.97 Å². The molecular weight excluding hydrogens is 370 g/mol. The van der Waals surface area contributed by atoms with E-state index in [1.54, 1.807) is 45.2 Å². The molecule has 2 aromatic rings. The molecule has 0 saturated carbocycles. The Kier molecular flexibility index (Phi) is 6.02. The summed E-state index contributed by atoms with van der Waals surface area (Å²) in [4.78, 5) is 27.5. The van der Waals surface area contributed by atoms with Crippen LogP contribution in [-0.2, 0) is 14.3 Å². The predicted octanol–water partition coefficient (Wildman–Crippen LogP) is 3.97. The van der Waals surface area contributed by atoms with E-state index in [4.69, 9.17) is 14.2 Å². The first-order valence-electron chi connectivity index (χ1n) is 9.23. The summed E-state index contributed by atoms with van der Waals surface area (Å²) in [6, 6.07) is 14.5. The van der Waals surface area contributed by atoms with Crippen LogP contribution < -0.4 is 14.4 Å². The van der Waals surface area contributed by atoms with Crippen molar-refractivity contribution in [3.8, 4) is 11.5 Å². The molecule has 0 atom stereocenters. The quantitative estimate of drug-likeness (QED) is 0.549. The number of methoxy groups -OCH3 is 2. The number of hydrogen-bond acceptors (Lipinski definition) is 5. The van der Waals surface area contributed by atoms with Gasteiger partial charge in [-0.1, -0.05) is 18.2 Å². The number of allylic oxidation sites excluding steroid dienone is 1. The lowest BCUT2D eigenvalue weighted by atomic mass is 10.0. The van der Waals surface area contributed by atoms with E-state index in [0.29, 0.717) is 28.4 Å². The van der Waals surface area contributed by atoms with Gasteiger partial charge in [0.25, 0.3) is 5.91 Å². The molecule has 1 heterocycles. The molecule has 1 aliphatic rings. The van der Waals surface area contributed by atoms with Crippen LogP contribution in [0.3, 0.4) is 0 Å². The molecular formula is C23H23NO5. The minimum absolute atomic E-state index is 0.217. The first kappa shape index (κ1) is 20.2. The number of carbonyl (C=O) groups is 2. The summed E-state index contributed by atoms with van der Waals surface area (Å²) in [5, 5.41) is 0. The van der Waals surface area contributed by atoms with Gasteiger partial charge in [0.2, 0.25) is 0 Å². The maximum Gasteiger partial charge on any atom is 0.340 e. The van der Waals surface area contributed by atoms with E-state index in [1.165, 1.54) is 12.0 Å². The summed E-state index contributed by atoms with van der Waals surface area (Å²) in [6.07, 6.45) is 1.65. The largest absolute Gasteiger partial charge is 0.497 e. The van der Waals surface area contributed by atoms with Gasteiger partial charge in [0.15, 0.2) is 0 Å². The third kappa shape index (κ3) is 3.87. The fourth-order valence-corrected chi connectivity index (χ4v) is 3.26. The molecule has 6 nitrogen and oxygen atoms in total. The van der Waals surface area contributed by atoms with Gasteiger partial charge in [-0.25, -0.2) is 4.79 Å². The van der Waals surface area contributed by atoms with Crippen LogP contribution >= 0.6 is 0 Å². The Hall–Kier alpha value is -3.54. The molecule has 0 N–H and O–H groups in total. The predicted molar refractivity (Wildman–Crippen MR) is 111 cm³/mol. The van der Waals surface area contributed by atoms with E-state index in [1.807, 2.05) is 30.3 Å². The summed E-state index contributed by atoms with van der Waals surface area (Å²) in [7, 11) is 3.10. The monoisotopic (exact) mass is 393 g/mol. The van der Waals surface area contributed by atoms with Crippen molar-refractivity contribution in [2.45, 2.75) is 13.8 Å². The number of benzene rings is 2. The van der Waals surface area contributed by atoms with Crippen LogP contribution in [0, 0.1) is 0 Å². The molecule has 0 aromatic heterocycles. The average molecular weight is 393 g/mol. The molecule has 0 bridgehead atoms. The highest BCUT2D eigenvalue weighted by atomic mass is 16.5. The third-order valence-electron chi connectivity index (χ3n) is 4.63. The number of nitrogens with zero attached hydrogens (tertiary/aromatic N) is 1. The first-order chi connectivity index (χ1) is 14.0. The van der Waals surface area contributed by atoms with Gasteiger partial charge in [0.1, 0.15) is 11.5 Å².